The molecule has 138 valence electrons. The van der Waals surface area contributed by atoms with Crippen molar-refractivity contribution in [2.24, 2.45) is 0 Å². The van der Waals surface area contributed by atoms with Crippen molar-refractivity contribution in [1.82, 2.24) is 0 Å². The summed E-state index contributed by atoms with van der Waals surface area (Å²) in [6.45, 7) is 1.29. The number of esters is 1. The van der Waals surface area contributed by atoms with Crippen LogP contribution in [0.3, 0.4) is 0 Å². The van der Waals surface area contributed by atoms with Gasteiger partial charge in [0.25, 0.3) is 5.91 Å². The number of methoxy groups -OCH3 is 1. The number of benzene rings is 2. The molecule has 2 aromatic rings. The van der Waals surface area contributed by atoms with E-state index in [2.05, 4.69) is 5.32 Å². The summed E-state index contributed by atoms with van der Waals surface area (Å²) in [6.07, 6.45) is 1.42. The first kappa shape index (κ1) is 20.7. The van der Waals surface area contributed by atoms with Gasteiger partial charge in [0.05, 0.1) is 10.7 Å². The Morgan fingerprint density at radius 3 is 2.63 bits per heavy atom. The lowest BCUT2D eigenvalue weighted by atomic mass is 10.1. The Kier molecular flexibility index (Phi) is 7.21. The number of hydrogen-bond acceptors (Lipinski definition) is 5. The first-order chi connectivity index (χ1) is 12.8. The smallest absolute Gasteiger partial charge is 0.308 e. The number of ether oxygens (including phenoxy) is 2. The van der Waals surface area contributed by atoms with E-state index < -0.39 is 11.9 Å². The molecule has 0 saturated carbocycles. The molecule has 0 heterocycles. The van der Waals surface area contributed by atoms with E-state index in [4.69, 9.17) is 21.1 Å². The molecular weight excluding hydrogens is 483 g/mol. The van der Waals surface area contributed by atoms with Crippen molar-refractivity contribution in [3.8, 4) is 17.6 Å². The van der Waals surface area contributed by atoms with Gasteiger partial charge in [0.2, 0.25) is 0 Å². The Balaban J connectivity index is 2.34. The standard InChI is InChI=1S/C19H14ClIN2O4/c1-11(24)27-18-16(21)7-12(8-17(18)26-2)6-13(10-22)19(25)23-15-5-3-4-14(20)9-15/h3-9H,1-2H3,(H,23,25)/b13-6+. The monoisotopic (exact) mass is 496 g/mol. The first-order valence-corrected chi connectivity index (χ1v) is 9.04. The van der Waals surface area contributed by atoms with Crippen molar-refractivity contribution >= 4 is 57.8 Å². The third kappa shape index (κ3) is 5.70. The number of rotatable bonds is 5. The molecule has 0 radical (unpaired) electrons. The van der Waals surface area contributed by atoms with Crippen molar-refractivity contribution in [2.75, 3.05) is 12.4 Å². The number of hydrogen-bond donors (Lipinski definition) is 1. The largest absolute Gasteiger partial charge is 0.493 e. The molecule has 1 N–H and O–H groups in total. The van der Waals surface area contributed by atoms with Crippen LogP contribution in [0.15, 0.2) is 42.0 Å². The summed E-state index contributed by atoms with van der Waals surface area (Å²) in [5, 5.41) is 12.4. The minimum atomic E-state index is -0.571. The third-order valence-corrected chi connectivity index (χ3v) is 4.29. The fourth-order valence-electron chi connectivity index (χ4n) is 2.15. The zero-order valence-electron chi connectivity index (χ0n) is 14.4. The van der Waals surface area contributed by atoms with E-state index in [9.17, 15) is 14.9 Å². The fraction of sp³-hybridized carbons (Fsp3) is 0.105. The molecule has 2 rings (SSSR count). The molecule has 0 aliphatic rings. The van der Waals surface area contributed by atoms with Gasteiger partial charge in [0.1, 0.15) is 11.6 Å². The zero-order chi connectivity index (χ0) is 20.0. The van der Waals surface area contributed by atoms with Crippen molar-refractivity contribution in [3.63, 3.8) is 0 Å². The molecule has 1 amide bonds. The van der Waals surface area contributed by atoms with E-state index >= 15 is 0 Å². The van der Waals surface area contributed by atoms with Crippen LogP contribution in [0.1, 0.15) is 12.5 Å². The molecule has 0 aliphatic heterocycles. The average molecular weight is 497 g/mol. The first-order valence-electron chi connectivity index (χ1n) is 7.58. The quantitative estimate of drug-likeness (QED) is 0.218. The summed E-state index contributed by atoms with van der Waals surface area (Å²) in [7, 11) is 1.43. The number of anilines is 1. The third-order valence-electron chi connectivity index (χ3n) is 3.26. The Hall–Kier alpha value is -2.57. The molecule has 0 unspecified atom stereocenters. The molecule has 0 aliphatic carbocycles. The van der Waals surface area contributed by atoms with Crippen LogP contribution in [-0.4, -0.2) is 19.0 Å². The summed E-state index contributed by atoms with van der Waals surface area (Å²) in [5.41, 5.74) is 0.920. The lowest BCUT2D eigenvalue weighted by Gasteiger charge is -2.11. The van der Waals surface area contributed by atoms with Gasteiger partial charge in [-0.25, -0.2) is 0 Å². The summed E-state index contributed by atoms with van der Waals surface area (Å²) in [5.74, 6) is -0.452. The number of carbonyl (C=O) groups excluding carboxylic acids is 2. The Morgan fingerprint density at radius 2 is 2.04 bits per heavy atom. The highest BCUT2D eigenvalue weighted by Gasteiger charge is 2.15. The molecule has 6 nitrogen and oxygen atoms in total. The summed E-state index contributed by atoms with van der Waals surface area (Å²) in [6, 6.07) is 11.7. The van der Waals surface area contributed by atoms with Crippen LogP contribution < -0.4 is 14.8 Å². The molecule has 27 heavy (non-hydrogen) atoms. The minimum absolute atomic E-state index is 0.104. The summed E-state index contributed by atoms with van der Waals surface area (Å²) >= 11 is 7.87. The Bertz CT molecular complexity index is 967. The highest BCUT2D eigenvalue weighted by molar-refractivity contribution is 14.1. The predicted molar refractivity (Wildman–Crippen MR) is 111 cm³/mol. The van der Waals surface area contributed by atoms with Crippen molar-refractivity contribution in [1.29, 1.82) is 5.26 Å². The van der Waals surface area contributed by atoms with Crippen molar-refractivity contribution in [2.45, 2.75) is 6.92 Å². The SMILES string of the molecule is COc1cc(/C=C(\C#N)C(=O)Nc2cccc(Cl)c2)cc(I)c1OC(C)=O. The van der Waals surface area contributed by atoms with Gasteiger partial charge in [-0.3, -0.25) is 9.59 Å². The van der Waals surface area contributed by atoms with Crippen molar-refractivity contribution in [3.05, 3.63) is 56.1 Å². The lowest BCUT2D eigenvalue weighted by Crippen LogP contribution is -2.13. The molecule has 0 aromatic heterocycles. The normalized spacial score (nSPS) is 10.7. The highest BCUT2D eigenvalue weighted by atomic mass is 127. The number of nitrogens with one attached hydrogen (secondary N) is 1. The fourth-order valence-corrected chi connectivity index (χ4v) is 3.07. The van der Waals surface area contributed by atoms with E-state index in [0.29, 0.717) is 25.6 Å². The predicted octanol–water partition coefficient (Wildman–Crippen LogP) is 4.42. The van der Waals surface area contributed by atoms with E-state index in [0.717, 1.165) is 0 Å². The number of nitriles is 1. The average Bonchev–Trinajstić information content (AvgIpc) is 2.61. The van der Waals surface area contributed by atoms with Crippen LogP contribution in [0.5, 0.6) is 11.5 Å². The second kappa shape index (κ2) is 9.39. The molecule has 0 bridgehead atoms. The molecular formula is C19H14ClIN2O4. The zero-order valence-corrected chi connectivity index (χ0v) is 17.3. The second-order valence-corrected chi connectivity index (χ2v) is 6.86. The van der Waals surface area contributed by atoms with Gasteiger partial charge in [-0.2, -0.15) is 5.26 Å². The van der Waals surface area contributed by atoms with Gasteiger partial charge in [0, 0.05) is 17.6 Å². The number of amides is 1. The van der Waals surface area contributed by atoms with Gasteiger partial charge >= 0.3 is 5.97 Å². The van der Waals surface area contributed by atoms with Crippen molar-refractivity contribution < 1.29 is 19.1 Å². The van der Waals surface area contributed by atoms with E-state index in [-0.39, 0.29) is 11.3 Å². The van der Waals surface area contributed by atoms with E-state index in [1.165, 1.54) is 20.1 Å². The molecule has 0 saturated heterocycles. The maximum absolute atomic E-state index is 12.4. The van der Waals surface area contributed by atoms with Crippen LogP contribution in [0.25, 0.3) is 6.08 Å². The molecule has 8 heteroatoms. The molecule has 0 spiro atoms. The summed E-state index contributed by atoms with van der Waals surface area (Å²) in [4.78, 5) is 23.6. The Morgan fingerprint density at radius 1 is 1.30 bits per heavy atom. The van der Waals surface area contributed by atoms with Crippen LogP contribution >= 0.6 is 34.2 Å². The van der Waals surface area contributed by atoms with Crippen LogP contribution in [0, 0.1) is 14.9 Å². The Labute approximate surface area is 174 Å². The highest BCUT2D eigenvalue weighted by Crippen LogP contribution is 2.34. The van der Waals surface area contributed by atoms with E-state index in [1.54, 1.807) is 36.4 Å². The maximum atomic E-state index is 12.4. The number of carbonyl (C=O) groups is 2. The van der Waals surface area contributed by atoms with Crippen LogP contribution in [0.4, 0.5) is 5.69 Å². The van der Waals surface area contributed by atoms with Crippen LogP contribution in [0.2, 0.25) is 5.02 Å². The van der Waals surface area contributed by atoms with Gasteiger partial charge in [-0.15, -0.1) is 0 Å². The molecule has 0 atom stereocenters. The van der Waals surface area contributed by atoms with Gasteiger partial charge < -0.3 is 14.8 Å². The van der Waals surface area contributed by atoms with E-state index in [1.807, 2.05) is 28.7 Å². The van der Waals surface area contributed by atoms with Gasteiger partial charge in [-0.1, -0.05) is 17.7 Å². The maximum Gasteiger partial charge on any atom is 0.308 e. The van der Waals surface area contributed by atoms with Crippen LogP contribution in [-0.2, 0) is 9.59 Å². The molecule has 2 aromatic carbocycles. The second-order valence-electron chi connectivity index (χ2n) is 5.26. The summed E-state index contributed by atoms with van der Waals surface area (Å²) < 4.78 is 11.0. The van der Waals surface area contributed by atoms with Gasteiger partial charge in [0.15, 0.2) is 11.5 Å². The lowest BCUT2D eigenvalue weighted by molar-refractivity contribution is -0.132. The minimum Gasteiger partial charge on any atom is -0.493 e. The molecule has 0 fully saturated rings. The van der Waals surface area contributed by atoms with Gasteiger partial charge in [-0.05, 0) is 64.6 Å². The topological polar surface area (TPSA) is 88.4 Å². The number of halogens is 2. The number of nitrogens with zero attached hydrogens (tertiary/aromatic N) is 1.